The van der Waals surface area contributed by atoms with E-state index in [4.69, 9.17) is 4.74 Å². The van der Waals surface area contributed by atoms with Crippen molar-refractivity contribution >= 4 is 44.0 Å². The van der Waals surface area contributed by atoms with Gasteiger partial charge >= 0.3 is 0 Å². The molecule has 4 aromatic rings. The van der Waals surface area contributed by atoms with E-state index < -0.39 is 15.1 Å². The SMILES string of the molecule is COc1ccccc1Nc1nc(Nc2ccccc2S(=O)(=O)C(C)C)c2cn[nH]c2n1. The number of ether oxygens (including phenoxy) is 1. The number of methoxy groups -OCH3 is 1. The van der Waals surface area contributed by atoms with Gasteiger partial charge in [0.15, 0.2) is 15.5 Å². The molecule has 0 aliphatic heterocycles. The molecule has 4 rings (SSSR count). The Kier molecular flexibility index (Phi) is 5.47. The van der Waals surface area contributed by atoms with Crippen molar-refractivity contribution < 1.29 is 13.2 Å². The number of benzene rings is 2. The van der Waals surface area contributed by atoms with E-state index in [1.54, 1.807) is 51.4 Å². The Morgan fingerprint density at radius 3 is 2.42 bits per heavy atom. The van der Waals surface area contributed by atoms with Gasteiger partial charge in [-0.25, -0.2) is 8.42 Å². The highest BCUT2D eigenvalue weighted by atomic mass is 32.2. The third-order valence-electron chi connectivity index (χ3n) is 4.73. The second-order valence-electron chi connectivity index (χ2n) is 7.07. The standard InChI is InChI=1S/C21H22N6O3S/c1-13(2)31(28,29)18-11-7-5-9-16(18)23-19-14-12-22-27-20(14)26-21(25-19)24-15-8-4-6-10-17(15)30-3/h4-13H,1-3H3,(H3,22,23,24,25,26,27). The van der Waals surface area contributed by atoms with E-state index in [0.29, 0.717) is 39.9 Å². The summed E-state index contributed by atoms with van der Waals surface area (Å²) in [6.07, 6.45) is 1.59. The number of H-pyrrole nitrogens is 1. The number of rotatable bonds is 7. The normalized spacial score (nSPS) is 11.6. The fourth-order valence-electron chi connectivity index (χ4n) is 3.05. The predicted octanol–water partition coefficient (Wildman–Crippen LogP) is 4.03. The Hall–Kier alpha value is -3.66. The maximum absolute atomic E-state index is 12.8. The summed E-state index contributed by atoms with van der Waals surface area (Å²) in [5.74, 6) is 1.36. The summed E-state index contributed by atoms with van der Waals surface area (Å²) < 4.78 is 31.0. The van der Waals surface area contributed by atoms with E-state index in [0.717, 1.165) is 0 Å². The van der Waals surface area contributed by atoms with Crippen LogP contribution in [-0.4, -0.2) is 40.9 Å². The quantitative estimate of drug-likeness (QED) is 0.395. The summed E-state index contributed by atoms with van der Waals surface area (Å²) in [6.45, 7) is 3.31. The minimum atomic E-state index is -3.50. The van der Waals surface area contributed by atoms with Gasteiger partial charge in [0, 0.05) is 0 Å². The van der Waals surface area contributed by atoms with Gasteiger partial charge in [-0.15, -0.1) is 0 Å². The molecule has 0 bridgehead atoms. The molecule has 0 radical (unpaired) electrons. The number of aromatic nitrogens is 4. The number of sulfone groups is 1. The van der Waals surface area contributed by atoms with Gasteiger partial charge in [-0.2, -0.15) is 15.1 Å². The van der Waals surface area contributed by atoms with Crippen molar-refractivity contribution in [2.75, 3.05) is 17.7 Å². The van der Waals surface area contributed by atoms with Crippen molar-refractivity contribution in [2.24, 2.45) is 0 Å². The summed E-state index contributed by atoms with van der Waals surface area (Å²) in [5, 5.41) is 13.2. The number of fused-ring (bicyclic) bond motifs is 1. The third kappa shape index (κ3) is 4.02. The first-order valence-corrected chi connectivity index (χ1v) is 11.2. The van der Waals surface area contributed by atoms with E-state index in [1.165, 1.54) is 0 Å². The van der Waals surface area contributed by atoms with Gasteiger partial charge in [-0.3, -0.25) is 5.10 Å². The molecule has 0 fully saturated rings. The number of nitrogens with zero attached hydrogens (tertiary/aromatic N) is 3. The van der Waals surface area contributed by atoms with Gasteiger partial charge in [0.25, 0.3) is 0 Å². The van der Waals surface area contributed by atoms with Crippen LogP contribution in [0.25, 0.3) is 11.0 Å². The lowest BCUT2D eigenvalue weighted by Crippen LogP contribution is -2.15. The molecule has 0 aliphatic carbocycles. The van der Waals surface area contributed by atoms with E-state index in [-0.39, 0.29) is 4.90 Å². The van der Waals surface area contributed by atoms with Crippen LogP contribution in [0.4, 0.5) is 23.1 Å². The van der Waals surface area contributed by atoms with E-state index >= 15 is 0 Å². The van der Waals surface area contributed by atoms with Gasteiger partial charge in [-0.05, 0) is 38.1 Å². The molecule has 2 aromatic heterocycles. The number of aromatic amines is 1. The van der Waals surface area contributed by atoms with Crippen LogP contribution in [0.15, 0.2) is 59.6 Å². The molecule has 31 heavy (non-hydrogen) atoms. The minimum absolute atomic E-state index is 0.208. The first-order chi connectivity index (χ1) is 14.9. The number of hydrogen-bond donors (Lipinski definition) is 3. The topological polar surface area (TPSA) is 122 Å². The molecule has 3 N–H and O–H groups in total. The Bertz CT molecular complexity index is 1330. The third-order valence-corrected chi connectivity index (χ3v) is 6.94. The smallest absolute Gasteiger partial charge is 0.231 e. The average molecular weight is 439 g/mol. The molecule has 0 amide bonds. The lowest BCUT2D eigenvalue weighted by molar-refractivity contribution is 0.417. The molecule has 0 aliphatic rings. The van der Waals surface area contributed by atoms with Gasteiger partial charge in [0.2, 0.25) is 5.95 Å². The van der Waals surface area contributed by atoms with Crippen LogP contribution in [0.5, 0.6) is 5.75 Å². The monoisotopic (exact) mass is 438 g/mol. The Balaban J connectivity index is 1.77. The predicted molar refractivity (Wildman–Crippen MR) is 120 cm³/mol. The van der Waals surface area contributed by atoms with Gasteiger partial charge in [0.05, 0.1) is 40.2 Å². The van der Waals surface area contributed by atoms with E-state index in [9.17, 15) is 8.42 Å². The fraction of sp³-hybridized carbons (Fsp3) is 0.190. The zero-order valence-corrected chi connectivity index (χ0v) is 18.1. The van der Waals surface area contributed by atoms with Crippen molar-refractivity contribution in [2.45, 2.75) is 24.0 Å². The molecular formula is C21H22N6O3S. The molecule has 0 saturated carbocycles. The molecule has 2 aromatic carbocycles. The number of nitrogens with one attached hydrogen (secondary N) is 3. The maximum Gasteiger partial charge on any atom is 0.231 e. The molecular weight excluding hydrogens is 416 g/mol. The zero-order chi connectivity index (χ0) is 22.0. The largest absolute Gasteiger partial charge is 0.495 e. The minimum Gasteiger partial charge on any atom is -0.495 e. The molecule has 0 spiro atoms. The summed E-state index contributed by atoms with van der Waals surface area (Å²) >= 11 is 0. The van der Waals surface area contributed by atoms with Crippen LogP contribution in [0.2, 0.25) is 0 Å². The molecule has 9 nitrogen and oxygen atoms in total. The summed E-state index contributed by atoms with van der Waals surface area (Å²) in [7, 11) is -1.91. The summed E-state index contributed by atoms with van der Waals surface area (Å²) in [4.78, 5) is 9.22. The number of anilines is 4. The average Bonchev–Trinajstić information content (AvgIpc) is 3.23. The van der Waals surface area contributed by atoms with Crippen LogP contribution in [0.3, 0.4) is 0 Å². The number of hydrogen-bond acceptors (Lipinski definition) is 8. The highest BCUT2D eigenvalue weighted by molar-refractivity contribution is 7.92. The van der Waals surface area contributed by atoms with Crippen molar-refractivity contribution in [1.29, 1.82) is 0 Å². The summed E-state index contributed by atoms with van der Waals surface area (Å²) in [5.41, 5.74) is 1.62. The van der Waals surface area contributed by atoms with Crippen LogP contribution in [0, 0.1) is 0 Å². The van der Waals surface area contributed by atoms with Crippen molar-refractivity contribution in [3.8, 4) is 5.75 Å². The Labute approximate surface area is 179 Å². The Morgan fingerprint density at radius 2 is 1.68 bits per heavy atom. The second kappa shape index (κ2) is 8.23. The second-order valence-corrected chi connectivity index (χ2v) is 9.54. The van der Waals surface area contributed by atoms with Crippen LogP contribution >= 0.6 is 0 Å². The first-order valence-electron chi connectivity index (χ1n) is 9.61. The Morgan fingerprint density at radius 1 is 0.968 bits per heavy atom. The van der Waals surface area contributed by atoms with Crippen molar-refractivity contribution in [3.63, 3.8) is 0 Å². The molecule has 0 atom stereocenters. The molecule has 10 heteroatoms. The van der Waals surface area contributed by atoms with Gasteiger partial charge < -0.3 is 15.4 Å². The number of para-hydroxylation sites is 3. The highest BCUT2D eigenvalue weighted by Crippen LogP contribution is 2.31. The first kappa shape index (κ1) is 20.6. The highest BCUT2D eigenvalue weighted by Gasteiger charge is 2.23. The van der Waals surface area contributed by atoms with E-state index in [1.807, 2.05) is 24.3 Å². The zero-order valence-electron chi connectivity index (χ0n) is 17.2. The molecule has 0 saturated heterocycles. The van der Waals surface area contributed by atoms with Crippen molar-refractivity contribution in [1.82, 2.24) is 20.2 Å². The molecule has 0 unspecified atom stereocenters. The van der Waals surface area contributed by atoms with Crippen LogP contribution in [0.1, 0.15) is 13.8 Å². The molecule has 160 valence electrons. The lowest BCUT2D eigenvalue weighted by atomic mass is 10.3. The fourth-order valence-corrected chi connectivity index (χ4v) is 4.26. The lowest BCUT2D eigenvalue weighted by Gasteiger charge is -2.15. The molecule has 2 heterocycles. The maximum atomic E-state index is 12.8. The van der Waals surface area contributed by atoms with Crippen LogP contribution < -0.4 is 15.4 Å². The summed E-state index contributed by atoms with van der Waals surface area (Å²) in [6, 6.07) is 14.1. The van der Waals surface area contributed by atoms with Crippen LogP contribution in [-0.2, 0) is 9.84 Å². The van der Waals surface area contributed by atoms with Crippen molar-refractivity contribution in [3.05, 3.63) is 54.7 Å². The van der Waals surface area contributed by atoms with Gasteiger partial charge in [-0.1, -0.05) is 24.3 Å². The van der Waals surface area contributed by atoms with E-state index in [2.05, 4.69) is 30.8 Å². The van der Waals surface area contributed by atoms with Gasteiger partial charge in [0.1, 0.15) is 11.6 Å².